The summed E-state index contributed by atoms with van der Waals surface area (Å²) in [6.07, 6.45) is 17.7. The summed E-state index contributed by atoms with van der Waals surface area (Å²) in [5.74, 6) is -0.523. The molecule has 7 nitrogen and oxygen atoms in total. The Balaban J connectivity index is 3.67. The molecule has 0 aromatic rings. The predicted molar refractivity (Wildman–Crippen MR) is 109 cm³/mol. The number of amides is 1. The highest BCUT2D eigenvalue weighted by molar-refractivity contribution is 5.78. The number of azide groups is 1. The largest absolute Gasteiger partial charge is 0.394 e. The first-order chi connectivity index (χ1) is 13.2. The van der Waals surface area contributed by atoms with E-state index in [1.807, 2.05) is 6.08 Å². The molecule has 0 heterocycles. The smallest absolute Gasteiger partial charge is 0.226 e. The molecule has 1 amide bonds. The predicted octanol–water partition coefficient (Wildman–Crippen LogP) is 4.39. The van der Waals surface area contributed by atoms with Crippen LogP contribution in [-0.4, -0.2) is 41.4 Å². The molecule has 156 valence electrons. The molecule has 0 aliphatic rings. The number of aliphatic hydroxyl groups is 2. The Morgan fingerprint density at radius 2 is 1.63 bits per heavy atom. The van der Waals surface area contributed by atoms with Gasteiger partial charge in [0, 0.05) is 4.91 Å². The van der Waals surface area contributed by atoms with Crippen LogP contribution in [0, 0.1) is 0 Å². The molecule has 0 saturated heterocycles. The van der Waals surface area contributed by atoms with Gasteiger partial charge in [-0.05, 0) is 18.4 Å². The van der Waals surface area contributed by atoms with Gasteiger partial charge in [-0.25, -0.2) is 0 Å². The molecule has 0 saturated carbocycles. The van der Waals surface area contributed by atoms with E-state index in [2.05, 4.69) is 22.3 Å². The van der Waals surface area contributed by atoms with Crippen molar-refractivity contribution in [3.05, 3.63) is 22.6 Å². The van der Waals surface area contributed by atoms with E-state index in [4.69, 9.17) is 5.53 Å². The van der Waals surface area contributed by atoms with Crippen molar-refractivity contribution in [2.45, 2.75) is 96.1 Å². The summed E-state index contributed by atoms with van der Waals surface area (Å²) in [7, 11) is 0. The molecular weight excluding hydrogens is 344 g/mol. The molecule has 0 aliphatic heterocycles. The molecular formula is C20H38N4O3. The minimum Gasteiger partial charge on any atom is -0.394 e. The highest BCUT2D eigenvalue weighted by atomic mass is 16.3. The third kappa shape index (κ3) is 16.3. The van der Waals surface area contributed by atoms with Crippen LogP contribution in [0.25, 0.3) is 10.4 Å². The van der Waals surface area contributed by atoms with Gasteiger partial charge >= 0.3 is 0 Å². The Morgan fingerprint density at radius 1 is 1.07 bits per heavy atom. The average Bonchev–Trinajstić information content (AvgIpc) is 2.67. The first-order valence-electron chi connectivity index (χ1n) is 10.4. The Labute approximate surface area is 163 Å². The van der Waals surface area contributed by atoms with Crippen LogP contribution in [-0.2, 0) is 4.79 Å². The lowest BCUT2D eigenvalue weighted by atomic mass is 10.0. The van der Waals surface area contributed by atoms with E-state index in [-0.39, 0.29) is 13.2 Å². The van der Waals surface area contributed by atoms with Crippen molar-refractivity contribution in [3.63, 3.8) is 0 Å². The van der Waals surface area contributed by atoms with Gasteiger partial charge in [0.25, 0.3) is 0 Å². The second-order valence-corrected chi connectivity index (χ2v) is 6.99. The summed E-state index contributed by atoms with van der Waals surface area (Å²) in [4.78, 5) is 13.9. The molecule has 2 unspecified atom stereocenters. The van der Waals surface area contributed by atoms with E-state index >= 15 is 0 Å². The van der Waals surface area contributed by atoms with Crippen LogP contribution in [0.15, 0.2) is 17.3 Å². The van der Waals surface area contributed by atoms with Crippen molar-refractivity contribution in [2.24, 2.45) is 5.11 Å². The molecule has 0 aromatic carbocycles. The number of unbranched alkanes of at least 4 members (excludes halogenated alkanes) is 11. The van der Waals surface area contributed by atoms with Gasteiger partial charge < -0.3 is 15.5 Å². The maximum Gasteiger partial charge on any atom is 0.226 e. The summed E-state index contributed by atoms with van der Waals surface area (Å²) in [6.45, 7) is 1.52. The third-order valence-corrected chi connectivity index (χ3v) is 4.54. The highest BCUT2D eigenvalue weighted by Crippen LogP contribution is 2.12. The first kappa shape index (κ1) is 25.4. The lowest BCUT2D eigenvalue weighted by Crippen LogP contribution is -2.45. The van der Waals surface area contributed by atoms with Crippen LogP contribution < -0.4 is 5.32 Å². The van der Waals surface area contributed by atoms with Crippen LogP contribution in [0.1, 0.15) is 84.0 Å². The average molecular weight is 383 g/mol. The van der Waals surface area contributed by atoms with Crippen LogP contribution in [0.5, 0.6) is 0 Å². The van der Waals surface area contributed by atoms with Crippen molar-refractivity contribution < 1.29 is 15.0 Å². The number of nitrogens with one attached hydrogen (secondary N) is 1. The number of allylic oxidation sites excluding steroid dienone is 1. The Kier molecular flexibility index (Phi) is 18.1. The fraction of sp³-hybridized carbons (Fsp3) is 0.850. The quantitative estimate of drug-likeness (QED) is 0.107. The second kappa shape index (κ2) is 19.2. The standard InChI is InChI=1S/C20H38N4O3/c1-2-3-4-5-6-7-8-9-10-11-12-13-14-15-19(26)18(17-25)23-20(27)16-22-24-21/h14-15,18-19,25-26H,2-13,16-17H2,1H3,(H,23,27)/b15-14+. The zero-order chi connectivity index (χ0) is 20.2. The number of aliphatic hydroxyl groups excluding tert-OH is 2. The lowest BCUT2D eigenvalue weighted by molar-refractivity contribution is -0.121. The second-order valence-electron chi connectivity index (χ2n) is 6.99. The number of carbonyl (C=O) groups is 1. The van der Waals surface area contributed by atoms with Gasteiger partial charge in [0.1, 0.15) is 6.54 Å². The molecule has 2 atom stereocenters. The fourth-order valence-corrected chi connectivity index (χ4v) is 2.88. The number of hydrogen-bond acceptors (Lipinski definition) is 4. The zero-order valence-corrected chi connectivity index (χ0v) is 16.9. The monoisotopic (exact) mass is 382 g/mol. The number of rotatable bonds is 18. The van der Waals surface area contributed by atoms with Crippen LogP contribution in [0.4, 0.5) is 0 Å². The van der Waals surface area contributed by atoms with Gasteiger partial charge in [-0.2, -0.15) is 0 Å². The van der Waals surface area contributed by atoms with Gasteiger partial charge in [-0.15, -0.1) is 0 Å². The van der Waals surface area contributed by atoms with E-state index in [0.29, 0.717) is 0 Å². The Morgan fingerprint density at radius 3 is 2.15 bits per heavy atom. The first-order valence-corrected chi connectivity index (χ1v) is 10.4. The minimum absolute atomic E-state index is 0.345. The Hall–Kier alpha value is -1.56. The normalized spacial score (nSPS) is 13.3. The molecule has 0 aliphatic carbocycles. The van der Waals surface area contributed by atoms with Crippen molar-refractivity contribution in [2.75, 3.05) is 13.2 Å². The summed E-state index contributed by atoms with van der Waals surface area (Å²) in [5, 5.41) is 24.8. The fourth-order valence-electron chi connectivity index (χ4n) is 2.88. The molecule has 0 radical (unpaired) electrons. The summed E-state index contributed by atoms with van der Waals surface area (Å²) in [6, 6.07) is -0.792. The molecule has 0 aromatic heterocycles. The highest BCUT2D eigenvalue weighted by Gasteiger charge is 2.17. The number of carbonyl (C=O) groups excluding carboxylic acids is 1. The van der Waals surface area contributed by atoms with E-state index in [1.165, 1.54) is 64.2 Å². The minimum atomic E-state index is -0.960. The maximum atomic E-state index is 11.4. The van der Waals surface area contributed by atoms with Crippen molar-refractivity contribution in [1.82, 2.24) is 5.32 Å². The van der Waals surface area contributed by atoms with Crippen molar-refractivity contribution >= 4 is 5.91 Å². The van der Waals surface area contributed by atoms with E-state index in [9.17, 15) is 15.0 Å². The molecule has 0 spiro atoms. The van der Waals surface area contributed by atoms with Gasteiger partial charge in [0.2, 0.25) is 5.91 Å². The molecule has 7 heteroatoms. The number of nitrogens with zero attached hydrogens (tertiary/aromatic N) is 3. The molecule has 0 rings (SSSR count). The zero-order valence-electron chi connectivity index (χ0n) is 16.9. The lowest BCUT2D eigenvalue weighted by Gasteiger charge is -2.19. The van der Waals surface area contributed by atoms with Gasteiger partial charge in [-0.3, -0.25) is 4.79 Å². The van der Waals surface area contributed by atoms with Crippen LogP contribution in [0.3, 0.4) is 0 Å². The summed E-state index contributed by atoms with van der Waals surface area (Å²) >= 11 is 0. The van der Waals surface area contributed by atoms with E-state index < -0.39 is 18.1 Å². The van der Waals surface area contributed by atoms with Gasteiger partial charge in [0.05, 0.1) is 18.8 Å². The third-order valence-electron chi connectivity index (χ3n) is 4.54. The molecule has 0 fully saturated rings. The molecule has 3 N–H and O–H groups in total. The van der Waals surface area contributed by atoms with Gasteiger partial charge in [0.15, 0.2) is 0 Å². The van der Waals surface area contributed by atoms with E-state index in [0.717, 1.165) is 12.8 Å². The van der Waals surface area contributed by atoms with Crippen molar-refractivity contribution in [1.29, 1.82) is 0 Å². The number of hydrogen-bond donors (Lipinski definition) is 3. The van der Waals surface area contributed by atoms with Gasteiger partial charge in [-0.1, -0.05) is 88.4 Å². The Bertz CT molecular complexity index is 437. The maximum absolute atomic E-state index is 11.4. The van der Waals surface area contributed by atoms with Crippen LogP contribution in [0.2, 0.25) is 0 Å². The van der Waals surface area contributed by atoms with Crippen LogP contribution >= 0.6 is 0 Å². The summed E-state index contributed by atoms with van der Waals surface area (Å²) in [5.41, 5.74) is 8.17. The van der Waals surface area contributed by atoms with E-state index in [1.54, 1.807) is 6.08 Å². The molecule has 27 heavy (non-hydrogen) atoms. The summed E-state index contributed by atoms with van der Waals surface area (Å²) < 4.78 is 0. The topological polar surface area (TPSA) is 118 Å². The SMILES string of the molecule is CCCCCCCCCCCCC/C=C/C(O)C(CO)NC(=O)CN=[N+]=[N-]. The van der Waals surface area contributed by atoms with Crippen molar-refractivity contribution in [3.8, 4) is 0 Å². The molecule has 0 bridgehead atoms.